The van der Waals surface area contributed by atoms with Crippen LogP contribution in [0.4, 0.5) is 0 Å². The van der Waals surface area contributed by atoms with Gasteiger partial charge in [0.05, 0.1) is 21.3 Å². The number of esters is 1. The highest BCUT2D eigenvalue weighted by Gasteiger charge is 2.29. The van der Waals surface area contributed by atoms with Gasteiger partial charge in [0.15, 0.2) is 40.6 Å². The maximum atomic E-state index is 11.5. The normalized spacial score (nSPS) is 14.1. The highest BCUT2D eigenvalue weighted by molar-refractivity contribution is 5.82. The first kappa shape index (κ1) is 27.2. The van der Waals surface area contributed by atoms with Crippen molar-refractivity contribution in [1.29, 1.82) is 0 Å². The van der Waals surface area contributed by atoms with Crippen molar-refractivity contribution in [3.63, 3.8) is 0 Å². The Hall–Kier alpha value is -3.87. The monoisotopic (exact) mass is 520 g/mol. The van der Waals surface area contributed by atoms with Gasteiger partial charge in [-0.05, 0) is 65.9 Å². The first-order valence-electron chi connectivity index (χ1n) is 13.0. The predicted molar refractivity (Wildman–Crippen MR) is 146 cm³/mol. The fourth-order valence-electron chi connectivity index (χ4n) is 4.78. The third-order valence-electron chi connectivity index (χ3n) is 6.49. The van der Waals surface area contributed by atoms with Crippen LogP contribution in [-0.2, 0) is 17.6 Å². The van der Waals surface area contributed by atoms with Gasteiger partial charge in [-0.25, -0.2) is 0 Å². The van der Waals surface area contributed by atoms with E-state index in [-0.39, 0.29) is 6.61 Å². The van der Waals surface area contributed by atoms with Crippen molar-refractivity contribution < 1.29 is 33.2 Å². The minimum absolute atomic E-state index is 0.214. The molecule has 4 rings (SSSR count). The number of aryl methyl sites for hydroxylation is 2. The molecule has 0 amide bonds. The number of fused-ring (bicyclic) bond motifs is 3. The Morgan fingerprint density at radius 3 is 1.92 bits per heavy atom. The van der Waals surface area contributed by atoms with E-state index in [1.165, 1.54) is 19.6 Å². The molecule has 1 aliphatic heterocycles. The van der Waals surface area contributed by atoms with E-state index in [0.717, 1.165) is 47.9 Å². The molecular formula is C31H36O7. The number of carbonyl (C=O) groups excluding carboxylic acids is 1. The summed E-state index contributed by atoms with van der Waals surface area (Å²) in [5, 5.41) is 0. The van der Waals surface area contributed by atoms with E-state index in [1.807, 2.05) is 18.2 Å². The van der Waals surface area contributed by atoms with E-state index in [1.54, 1.807) is 26.4 Å². The Balaban J connectivity index is 1.90. The SMILES string of the molecule is CCCc1cc(OC)c2c(c1)-c1cc(CCC)cc(OC)c1OC(c1ccc(OC(C)=O)c(OC)c1)CO2. The fourth-order valence-corrected chi connectivity index (χ4v) is 4.78. The lowest BCUT2D eigenvalue weighted by Crippen LogP contribution is -2.20. The average molecular weight is 521 g/mol. The lowest BCUT2D eigenvalue weighted by Gasteiger charge is -2.29. The van der Waals surface area contributed by atoms with Crippen LogP contribution in [0.15, 0.2) is 42.5 Å². The van der Waals surface area contributed by atoms with Crippen molar-refractivity contribution in [1.82, 2.24) is 0 Å². The summed E-state index contributed by atoms with van der Waals surface area (Å²) in [5.41, 5.74) is 4.93. The van der Waals surface area contributed by atoms with E-state index >= 15 is 0 Å². The largest absolute Gasteiger partial charge is 0.493 e. The zero-order chi connectivity index (χ0) is 27.2. The number of rotatable bonds is 9. The lowest BCUT2D eigenvalue weighted by molar-refractivity contribution is -0.132. The summed E-state index contributed by atoms with van der Waals surface area (Å²) in [6, 6.07) is 13.8. The van der Waals surface area contributed by atoms with Crippen LogP contribution in [0.5, 0.6) is 34.5 Å². The average Bonchev–Trinajstić information content (AvgIpc) is 2.90. The van der Waals surface area contributed by atoms with E-state index < -0.39 is 12.1 Å². The Morgan fingerprint density at radius 1 is 0.789 bits per heavy atom. The minimum Gasteiger partial charge on any atom is -0.493 e. The van der Waals surface area contributed by atoms with Crippen molar-refractivity contribution in [2.24, 2.45) is 0 Å². The van der Waals surface area contributed by atoms with Crippen LogP contribution in [0.2, 0.25) is 0 Å². The van der Waals surface area contributed by atoms with Crippen LogP contribution in [0.3, 0.4) is 0 Å². The van der Waals surface area contributed by atoms with E-state index in [4.69, 9.17) is 28.4 Å². The molecular weight excluding hydrogens is 484 g/mol. The van der Waals surface area contributed by atoms with Crippen molar-refractivity contribution in [3.05, 3.63) is 59.2 Å². The third-order valence-corrected chi connectivity index (χ3v) is 6.49. The van der Waals surface area contributed by atoms with Gasteiger partial charge in [0, 0.05) is 18.1 Å². The van der Waals surface area contributed by atoms with Crippen LogP contribution in [-0.4, -0.2) is 33.9 Å². The maximum absolute atomic E-state index is 11.5. The fraction of sp³-hybridized carbons (Fsp3) is 0.387. The standard InChI is InChI=1S/C31H36O7/c1-7-9-20-13-23-24-14-21(10-8-2)16-28(35-6)31(24)38-29(18-36-30(23)27(15-20)34-5)22-11-12-25(37-19(3)32)26(17-22)33-4/h11-17,29H,7-10,18H2,1-6H3. The maximum Gasteiger partial charge on any atom is 0.308 e. The predicted octanol–water partition coefficient (Wildman–Crippen LogP) is 6.72. The molecule has 3 aromatic carbocycles. The summed E-state index contributed by atoms with van der Waals surface area (Å²) in [5.74, 6) is 2.99. The number of hydrogen-bond acceptors (Lipinski definition) is 7. The molecule has 0 aromatic heterocycles. The Morgan fingerprint density at radius 2 is 1.37 bits per heavy atom. The van der Waals surface area contributed by atoms with Crippen molar-refractivity contribution in [3.8, 4) is 45.6 Å². The van der Waals surface area contributed by atoms with Gasteiger partial charge in [-0.2, -0.15) is 0 Å². The first-order chi connectivity index (χ1) is 18.4. The Labute approximate surface area is 224 Å². The molecule has 3 aromatic rings. The van der Waals surface area contributed by atoms with Gasteiger partial charge in [0.2, 0.25) is 0 Å². The second kappa shape index (κ2) is 12.1. The molecule has 0 N–H and O–H groups in total. The third kappa shape index (κ3) is 5.67. The van der Waals surface area contributed by atoms with Gasteiger partial charge in [-0.15, -0.1) is 0 Å². The van der Waals surface area contributed by atoms with E-state index in [2.05, 4.69) is 26.0 Å². The number of hydrogen-bond donors (Lipinski definition) is 0. The smallest absolute Gasteiger partial charge is 0.308 e. The van der Waals surface area contributed by atoms with Gasteiger partial charge < -0.3 is 28.4 Å². The van der Waals surface area contributed by atoms with Crippen LogP contribution in [0, 0.1) is 0 Å². The van der Waals surface area contributed by atoms with Crippen LogP contribution in [0.1, 0.15) is 56.4 Å². The molecule has 0 aliphatic carbocycles. The summed E-state index contributed by atoms with van der Waals surface area (Å²) in [6.45, 7) is 5.88. The van der Waals surface area contributed by atoms with Crippen molar-refractivity contribution >= 4 is 5.97 Å². The molecule has 1 atom stereocenters. The molecule has 7 nitrogen and oxygen atoms in total. The Kier molecular flexibility index (Phi) is 8.66. The zero-order valence-electron chi connectivity index (χ0n) is 23.0. The lowest BCUT2D eigenvalue weighted by atomic mass is 9.94. The summed E-state index contributed by atoms with van der Waals surface area (Å²) in [6.07, 6.45) is 3.33. The van der Waals surface area contributed by atoms with Crippen molar-refractivity contribution in [2.75, 3.05) is 27.9 Å². The molecule has 0 radical (unpaired) electrons. The summed E-state index contributed by atoms with van der Waals surface area (Å²) in [7, 11) is 4.85. The van der Waals surface area contributed by atoms with Crippen LogP contribution in [0.25, 0.3) is 11.1 Å². The number of methoxy groups -OCH3 is 3. The van der Waals surface area contributed by atoms with Gasteiger partial charge in [0.25, 0.3) is 0 Å². The summed E-state index contributed by atoms with van der Waals surface area (Å²) < 4.78 is 35.6. The second-order valence-electron chi connectivity index (χ2n) is 9.27. The molecule has 0 saturated heterocycles. The Bertz CT molecular complexity index is 1300. The van der Waals surface area contributed by atoms with E-state index in [0.29, 0.717) is 34.5 Å². The molecule has 1 heterocycles. The van der Waals surface area contributed by atoms with Gasteiger partial charge >= 0.3 is 5.97 Å². The molecule has 7 heteroatoms. The topological polar surface area (TPSA) is 72.5 Å². The molecule has 1 aliphatic rings. The van der Waals surface area contributed by atoms with E-state index in [9.17, 15) is 4.79 Å². The van der Waals surface area contributed by atoms with Gasteiger partial charge in [0.1, 0.15) is 6.61 Å². The van der Waals surface area contributed by atoms with Crippen molar-refractivity contribution in [2.45, 2.75) is 52.6 Å². The molecule has 0 bridgehead atoms. The zero-order valence-corrected chi connectivity index (χ0v) is 23.0. The van der Waals surface area contributed by atoms with Gasteiger partial charge in [-0.1, -0.05) is 32.8 Å². The molecule has 0 spiro atoms. The molecule has 1 unspecified atom stereocenters. The summed E-state index contributed by atoms with van der Waals surface area (Å²) >= 11 is 0. The van der Waals surface area contributed by atoms with Crippen LogP contribution < -0.4 is 28.4 Å². The highest BCUT2D eigenvalue weighted by atomic mass is 16.6. The number of benzene rings is 3. The first-order valence-corrected chi connectivity index (χ1v) is 13.0. The quantitative estimate of drug-likeness (QED) is 0.229. The van der Waals surface area contributed by atoms with Crippen LogP contribution >= 0.6 is 0 Å². The highest BCUT2D eigenvalue weighted by Crippen LogP contribution is 2.50. The number of ether oxygens (including phenoxy) is 6. The molecule has 38 heavy (non-hydrogen) atoms. The molecule has 0 saturated carbocycles. The number of carbonyl (C=O) groups is 1. The molecule has 0 fully saturated rings. The summed E-state index contributed by atoms with van der Waals surface area (Å²) in [4.78, 5) is 11.5. The van der Waals surface area contributed by atoms with Gasteiger partial charge in [-0.3, -0.25) is 4.79 Å². The second-order valence-corrected chi connectivity index (χ2v) is 9.27. The molecule has 202 valence electrons. The minimum atomic E-state index is -0.506.